The molecule has 0 radical (unpaired) electrons. The molecule has 4 aliphatic carbocycles. The number of aromatic nitrogens is 9. The average Bonchev–Trinajstić information content (AvgIpc) is 1.50. The van der Waals surface area contributed by atoms with Crippen LogP contribution in [0.3, 0.4) is 0 Å². The van der Waals surface area contributed by atoms with Crippen LogP contribution < -0.4 is 41.2 Å². The minimum absolute atomic E-state index is 0.249. The summed E-state index contributed by atoms with van der Waals surface area (Å²) in [5.41, 5.74) is 12.2. The Hall–Kier alpha value is -15.9. The minimum atomic E-state index is -1.77. The van der Waals surface area contributed by atoms with E-state index in [1.807, 2.05) is 362 Å². The number of aliphatic hydroxyl groups is 4. The van der Waals surface area contributed by atoms with Crippen LogP contribution in [0.15, 0.2) is 335 Å². The van der Waals surface area contributed by atoms with Crippen molar-refractivity contribution in [3.63, 3.8) is 0 Å². The maximum Gasteiger partial charge on any atom is 0.255 e. The van der Waals surface area contributed by atoms with Gasteiger partial charge in [0.15, 0.2) is 44.8 Å². The van der Waals surface area contributed by atoms with Gasteiger partial charge in [-0.15, -0.1) is 0 Å². The van der Waals surface area contributed by atoms with Crippen LogP contribution in [-0.2, 0) is 44.8 Å². The van der Waals surface area contributed by atoms with E-state index in [0.29, 0.717) is 123 Å². The SMILES string of the molecule is Cc1ccc([C@@]23Oc4cc(C)cc(C)c4[C@]2(O)c2nc(-c4ccc(Cl)cc4)[nH]c(=O)c2[C@H]3c2ccccc2)cc1.Cc1ccc([C@@]23Oc4cc(C)cc(C)c4[C@]2(O)c2nc(-c4ccc(Cl)nc4)[nH]c(=O)c2[C@H]3c2ccccc2)cc1.Cc1ccc([C@@]23Oc4cc(C)cc(C)c4[C@]2(O)c2nc(C)[nH]c(=O)c2[C@H]3c2ccccc2)cc1.Cc1ccc([C@@]23Oc4cc(C)cc(C)c4[C@]2(O)c2nc[nH]c(=O)c2[C@H]3c2ccccc2)cc1. The molecule has 12 atom stereocenters. The molecule has 0 bridgehead atoms. The first-order valence-corrected chi connectivity index (χ1v) is 49.9. The van der Waals surface area contributed by atoms with Crippen LogP contribution in [0.1, 0.15) is 208 Å². The van der Waals surface area contributed by atoms with Gasteiger partial charge in [-0.3, -0.25) is 19.2 Å². The lowest BCUT2D eigenvalue weighted by atomic mass is 9.69. The van der Waals surface area contributed by atoms with E-state index in [9.17, 15) is 39.6 Å². The predicted molar refractivity (Wildman–Crippen MR) is 566 cm³/mol. The molecule has 8 N–H and O–H groups in total. The molecule has 0 saturated heterocycles. The molecule has 21 nitrogen and oxygen atoms in total. The second-order valence-corrected chi connectivity index (χ2v) is 41.3. The highest BCUT2D eigenvalue weighted by Gasteiger charge is 2.78. The summed E-state index contributed by atoms with van der Waals surface area (Å²) in [5, 5.41) is 53.2. The summed E-state index contributed by atoms with van der Waals surface area (Å²) in [4.78, 5) is 90.1. The van der Waals surface area contributed by atoms with Crippen LogP contribution in [0, 0.1) is 90.0 Å². The number of hydrogen-bond acceptors (Lipinski definition) is 17. The van der Waals surface area contributed by atoms with Gasteiger partial charge >= 0.3 is 0 Å². The molecule has 147 heavy (non-hydrogen) atoms. The zero-order valence-corrected chi connectivity index (χ0v) is 84.4. The van der Waals surface area contributed by atoms with Gasteiger partial charge in [0.05, 0.1) is 75.0 Å². The topological polar surface area (TPSA) is 314 Å². The minimum Gasteiger partial charge on any atom is -0.477 e. The number of hydrogen-bond donors (Lipinski definition) is 8. The van der Waals surface area contributed by atoms with E-state index >= 15 is 0 Å². The number of aromatic amines is 4. The number of benzene rings is 13. The first-order chi connectivity index (χ1) is 70.6. The van der Waals surface area contributed by atoms with Crippen LogP contribution >= 0.6 is 23.2 Å². The second kappa shape index (κ2) is 34.7. The first kappa shape index (κ1) is 94.7. The van der Waals surface area contributed by atoms with E-state index in [-0.39, 0.29) is 27.9 Å². The van der Waals surface area contributed by atoms with E-state index in [0.717, 1.165) is 111 Å². The third kappa shape index (κ3) is 13.8. The lowest BCUT2D eigenvalue weighted by Crippen LogP contribution is -2.49. The van der Waals surface area contributed by atoms with Gasteiger partial charge in [-0.1, -0.05) is 288 Å². The van der Waals surface area contributed by atoms with Crippen molar-refractivity contribution in [2.24, 2.45) is 0 Å². The second-order valence-electron chi connectivity index (χ2n) is 40.5. The molecule has 4 aliphatic heterocycles. The molecule has 23 heteroatoms. The summed E-state index contributed by atoms with van der Waals surface area (Å²) >= 11 is 12.2. The van der Waals surface area contributed by atoms with Crippen molar-refractivity contribution in [2.45, 2.75) is 158 Å². The van der Waals surface area contributed by atoms with E-state index in [1.165, 1.54) is 6.33 Å². The van der Waals surface area contributed by atoms with Gasteiger partial charge in [-0.25, -0.2) is 24.9 Å². The summed E-state index contributed by atoms with van der Waals surface area (Å²) in [7, 11) is 0. The van der Waals surface area contributed by atoms with Gasteiger partial charge < -0.3 is 59.3 Å². The number of halogens is 2. The predicted octanol–water partition coefficient (Wildman–Crippen LogP) is 21.8. The van der Waals surface area contributed by atoms with Crippen molar-refractivity contribution in [3.05, 3.63) is 552 Å². The maximum absolute atomic E-state index is 14.1. The number of pyridine rings is 1. The van der Waals surface area contributed by atoms with Crippen molar-refractivity contribution < 1.29 is 39.4 Å². The molecule has 730 valence electrons. The number of H-pyrrole nitrogens is 4. The van der Waals surface area contributed by atoms with E-state index < -0.39 is 68.5 Å². The summed E-state index contributed by atoms with van der Waals surface area (Å²) in [6.45, 7) is 25.8. The molecule has 0 spiro atoms. The molecular weight excluding hydrogens is 1880 g/mol. The summed E-state index contributed by atoms with van der Waals surface area (Å²) in [5.74, 6) is 1.14. The molecule has 26 rings (SSSR count). The molecule has 8 aliphatic rings. The first-order valence-electron chi connectivity index (χ1n) is 49.1. The normalized spacial score (nSPS) is 23.3. The monoisotopic (exact) mass is 1980 g/mol. The summed E-state index contributed by atoms with van der Waals surface area (Å²) < 4.78 is 27.8. The van der Waals surface area contributed by atoms with Crippen molar-refractivity contribution in [1.29, 1.82) is 0 Å². The molecular formula is C124H103Cl2N9O12. The van der Waals surface area contributed by atoms with Gasteiger partial charge in [0, 0.05) is 66.9 Å². The Kier molecular flexibility index (Phi) is 22.4. The van der Waals surface area contributed by atoms with Crippen LogP contribution in [-0.4, -0.2) is 65.3 Å². The highest BCUT2D eigenvalue weighted by Crippen LogP contribution is 2.74. The van der Waals surface area contributed by atoms with Crippen molar-refractivity contribution >= 4 is 23.2 Å². The van der Waals surface area contributed by atoms with Crippen LogP contribution in [0.4, 0.5) is 0 Å². The number of ether oxygens (including phenoxy) is 4. The highest BCUT2D eigenvalue weighted by atomic mass is 35.5. The van der Waals surface area contributed by atoms with Crippen LogP contribution in [0.25, 0.3) is 22.8 Å². The lowest BCUT2D eigenvalue weighted by Gasteiger charge is -2.40. The van der Waals surface area contributed by atoms with Gasteiger partial charge in [0.1, 0.15) is 45.6 Å². The average molecular weight is 1980 g/mol. The molecule has 0 saturated carbocycles. The molecule has 18 aromatic rings. The quantitative estimate of drug-likeness (QED) is 0.0590. The zero-order chi connectivity index (χ0) is 102. The van der Waals surface area contributed by atoms with E-state index in [1.54, 1.807) is 37.4 Å². The molecule has 9 heterocycles. The van der Waals surface area contributed by atoms with E-state index in [4.69, 9.17) is 57.1 Å². The number of rotatable bonds is 10. The third-order valence-electron chi connectivity index (χ3n) is 31.1. The fourth-order valence-corrected chi connectivity index (χ4v) is 25.6. The fourth-order valence-electron chi connectivity index (χ4n) is 25.4. The number of nitrogens with one attached hydrogen (secondary N) is 4. The number of fused-ring (bicyclic) bond motifs is 20. The highest BCUT2D eigenvalue weighted by molar-refractivity contribution is 6.30. The van der Waals surface area contributed by atoms with Gasteiger partial charge in [-0.2, -0.15) is 0 Å². The number of nitrogens with zero attached hydrogens (tertiary/aromatic N) is 5. The Morgan fingerprint density at radius 2 is 0.565 bits per heavy atom. The fraction of sp³-hybridized carbons (Fsp3) is 0.202. The third-order valence-corrected chi connectivity index (χ3v) is 31.5. The number of aryl methyl sites for hydroxylation is 13. The standard InChI is InChI=1S/C34H27ClN2O3.C33H26ClN3O3.C29H26N2O3.C28H24N2O3/c1-19-9-13-24(14-10-19)34-29(22-7-5-4-6-8-22)27-30(33(34,39)28-21(3)17-20(2)18-26(28)40-34)36-31(37-32(27)38)23-11-15-25(35)16-12-23;1-18-9-12-23(13-10-18)33-28(21-7-5-4-6-8-21)26-29(32(33,39)27-20(3)15-19(2)16-24(27)40-33)36-30(37-31(26)38)22-11-14-25(34)35-17-22;1-16-10-12-21(13-11-16)29-25(20-8-6-5-7-9-20)23-26(30-19(4)31-27(23)32)28(29,33)24-18(3)14-17(2)15-22(24)34-29;1-16-9-11-20(12-10-16)28-24(19-7-5-4-6-8-19)22-25(29-15-30-26(22)31)27(28,32)23-18(3)13-17(2)14-21(23)33-28/h4-18,29,39H,1-3H3,(H,36,37,38);4-17,28,39H,1-3H3,(H,36,37,38);5-15,25,33H,1-4H3,(H,30,31,32);4-15,24,32H,1-3H3,(H,29,30,31)/t29-,33+,34+;28-,32+,33+;25-,28+,29+;24-,27+,28+/m1111/s1. The Morgan fingerprint density at radius 1 is 0.286 bits per heavy atom. The van der Waals surface area contributed by atoms with Gasteiger partial charge in [0.25, 0.3) is 22.2 Å². The van der Waals surface area contributed by atoms with Gasteiger partial charge in [0.2, 0.25) is 0 Å². The van der Waals surface area contributed by atoms with Crippen LogP contribution in [0.5, 0.6) is 23.0 Å². The smallest absolute Gasteiger partial charge is 0.255 e. The molecule has 13 aromatic carbocycles. The van der Waals surface area contributed by atoms with Crippen LogP contribution in [0.2, 0.25) is 10.2 Å². The van der Waals surface area contributed by atoms with Crippen molar-refractivity contribution in [3.8, 4) is 45.8 Å². The van der Waals surface area contributed by atoms with E-state index in [2.05, 4.69) is 29.9 Å². The maximum atomic E-state index is 14.1. The van der Waals surface area contributed by atoms with Crippen molar-refractivity contribution in [1.82, 2.24) is 44.9 Å². The Bertz CT molecular complexity index is 8410. The molecule has 0 unspecified atom stereocenters. The Balaban J connectivity index is 0.000000108. The lowest BCUT2D eigenvalue weighted by molar-refractivity contribution is -0.0906. The zero-order valence-electron chi connectivity index (χ0n) is 82.9. The largest absolute Gasteiger partial charge is 0.477 e. The summed E-state index contributed by atoms with van der Waals surface area (Å²) in [6, 6.07) is 97.6. The molecule has 5 aromatic heterocycles. The van der Waals surface area contributed by atoms with Gasteiger partial charge in [-0.05, 0) is 217 Å². The Morgan fingerprint density at radius 3 is 0.871 bits per heavy atom. The molecule has 0 fully saturated rings. The van der Waals surface area contributed by atoms with Crippen molar-refractivity contribution in [2.75, 3.05) is 0 Å². The summed E-state index contributed by atoms with van der Waals surface area (Å²) in [6.07, 6.45) is 2.93. The molecule has 0 amide bonds. The Labute approximate surface area is 857 Å².